The molecular formula is C17H22O2. The van der Waals surface area contributed by atoms with E-state index in [0.29, 0.717) is 0 Å². The van der Waals surface area contributed by atoms with Gasteiger partial charge >= 0.3 is 0 Å². The molecule has 0 unspecified atom stereocenters. The molecule has 0 atom stereocenters. The van der Waals surface area contributed by atoms with Crippen LogP contribution < -0.4 is 4.74 Å². The minimum Gasteiger partial charge on any atom is -0.497 e. The molecule has 2 nitrogen and oxygen atoms in total. The summed E-state index contributed by atoms with van der Waals surface area (Å²) in [5.74, 6) is 0.889. The molecule has 1 aromatic carbocycles. The molecule has 0 saturated carbocycles. The van der Waals surface area contributed by atoms with Crippen molar-refractivity contribution < 1.29 is 9.53 Å². The number of allylic oxidation sites excluding steroid dienone is 4. The second-order valence-corrected chi connectivity index (χ2v) is 4.76. The molecule has 0 aliphatic rings. The molecule has 0 amide bonds. The lowest BCUT2D eigenvalue weighted by molar-refractivity contribution is -0.104. The Morgan fingerprint density at radius 3 is 2.42 bits per heavy atom. The number of hydrogen-bond acceptors (Lipinski definition) is 2. The lowest BCUT2D eigenvalue weighted by Gasteiger charge is -2.04. The van der Waals surface area contributed by atoms with Crippen LogP contribution in [0.4, 0.5) is 0 Å². The van der Waals surface area contributed by atoms with E-state index >= 15 is 0 Å². The number of carbonyl (C=O) groups excluding carboxylic acids is 1. The summed E-state index contributed by atoms with van der Waals surface area (Å²) in [5, 5.41) is 0. The Balaban J connectivity index is 2.46. The average Bonchev–Trinajstić information content (AvgIpc) is 2.40. The molecule has 19 heavy (non-hydrogen) atoms. The highest BCUT2D eigenvalue weighted by Crippen LogP contribution is 2.15. The summed E-state index contributed by atoms with van der Waals surface area (Å²) in [7, 11) is 1.68. The molecule has 0 aromatic heterocycles. The first-order valence-corrected chi connectivity index (χ1v) is 6.55. The predicted octanol–water partition coefficient (Wildman–Crippen LogP) is 4.11. The fourth-order valence-electron chi connectivity index (χ4n) is 1.88. The molecule has 0 aliphatic carbocycles. The molecule has 0 heterocycles. The van der Waals surface area contributed by atoms with Crippen LogP contribution in [0.25, 0.3) is 0 Å². The van der Waals surface area contributed by atoms with E-state index in [1.54, 1.807) is 13.2 Å². The zero-order valence-electron chi connectivity index (χ0n) is 12.0. The van der Waals surface area contributed by atoms with Crippen LogP contribution in [0.3, 0.4) is 0 Å². The molecule has 0 fully saturated rings. The van der Waals surface area contributed by atoms with Crippen molar-refractivity contribution in [3.63, 3.8) is 0 Å². The van der Waals surface area contributed by atoms with Crippen molar-refractivity contribution in [3.8, 4) is 5.75 Å². The van der Waals surface area contributed by atoms with E-state index < -0.39 is 0 Å². The Kier molecular flexibility index (Phi) is 6.65. The smallest absolute Gasteiger partial charge is 0.142 e. The molecule has 0 saturated heterocycles. The second kappa shape index (κ2) is 8.30. The first kappa shape index (κ1) is 15.2. The largest absolute Gasteiger partial charge is 0.497 e. The standard InChI is InChI=1S/C17H22O2/c1-14(11-12-18)5-4-6-15(2)13-16-7-9-17(19-3)10-8-16/h6-12H,4-5,13H2,1-3H3/b14-11+,15-6+. The maximum atomic E-state index is 10.3. The predicted molar refractivity (Wildman–Crippen MR) is 79.5 cm³/mol. The Morgan fingerprint density at radius 2 is 1.84 bits per heavy atom. The molecule has 0 radical (unpaired) electrons. The Labute approximate surface area is 115 Å². The van der Waals surface area contributed by atoms with Crippen molar-refractivity contribution in [2.75, 3.05) is 7.11 Å². The normalized spacial score (nSPS) is 12.4. The van der Waals surface area contributed by atoms with Gasteiger partial charge < -0.3 is 4.74 Å². The van der Waals surface area contributed by atoms with Gasteiger partial charge in [-0.2, -0.15) is 0 Å². The van der Waals surface area contributed by atoms with E-state index in [-0.39, 0.29) is 0 Å². The lowest BCUT2D eigenvalue weighted by Crippen LogP contribution is -1.88. The number of methoxy groups -OCH3 is 1. The maximum absolute atomic E-state index is 10.3. The minimum atomic E-state index is 0.850. The summed E-state index contributed by atoms with van der Waals surface area (Å²) >= 11 is 0. The van der Waals surface area contributed by atoms with Crippen LogP contribution in [0.1, 0.15) is 32.3 Å². The van der Waals surface area contributed by atoms with Gasteiger partial charge in [-0.1, -0.05) is 29.4 Å². The van der Waals surface area contributed by atoms with Crippen molar-refractivity contribution in [3.05, 3.63) is 53.1 Å². The highest BCUT2D eigenvalue weighted by Gasteiger charge is 1.96. The van der Waals surface area contributed by atoms with Crippen LogP contribution in [0.15, 0.2) is 47.6 Å². The fraction of sp³-hybridized carbons (Fsp3) is 0.353. The summed E-state index contributed by atoms with van der Waals surface area (Å²) in [5.41, 5.74) is 3.77. The van der Waals surface area contributed by atoms with Gasteiger partial charge in [-0.15, -0.1) is 0 Å². The van der Waals surface area contributed by atoms with Crippen molar-refractivity contribution in [1.29, 1.82) is 0 Å². The topological polar surface area (TPSA) is 26.3 Å². The van der Waals surface area contributed by atoms with E-state index in [1.807, 2.05) is 19.1 Å². The van der Waals surface area contributed by atoms with Crippen molar-refractivity contribution in [2.45, 2.75) is 33.1 Å². The Hall–Kier alpha value is -1.83. The molecular weight excluding hydrogens is 236 g/mol. The number of rotatable bonds is 7. The third-order valence-corrected chi connectivity index (χ3v) is 3.03. The zero-order chi connectivity index (χ0) is 14.1. The number of hydrogen-bond donors (Lipinski definition) is 0. The number of benzene rings is 1. The van der Waals surface area contributed by atoms with E-state index in [4.69, 9.17) is 4.74 Å². The molecule has 2 heteroatoms. The van der Waals surface area contributed by atoms with Crippen LogP contribution in [0.5, 0.6) is 5.75 Å². The molecule has 0 N–H and O–H groups in total. The second-order valence-electron chi connectivity index (χ2n) is 4.76. The van der Waals surface area contributed by atoms with Crippen molar-refractivity contribution in [1.82, 2.24) is 0 Å². The molecule has 102 valence electrons. The van der Waals surface area contributed by atoms with Gasteiger partial charge in [-0.05, 0) is 56.9 Å². The fourth-order valence-corrected chi connectivity index (χ4v) is 1.88. The van der Waals surface area contributed by atoms with Crippen LogP contribution in [-0.2, 0) is 11.2 Å². The first-order chi connectivity index (χ1) is 9.15. The van der Waals surface area contributed by atoms with Gasteiger partial charge in [0.05, 0.1) is 7.11 Å². The summed E-state index contributed by atoms with van der Waals surface area (Å²) < 4.78 is 5.14. The van der Waals surface area contributed by atoms with Crippen LogP contribution >= 0.6 is 0 Å². The van der Waals surface area contributed by atoms with Crippen LogP contribution in [-0.4, -0.2) is 13.4 Å². The van der Waals surface area contributed by atoms with E-state index in [9.17, 15) is 4.79 Å². The molecule has 0 bridgehead atoms. The van der Waals surface area contributed by atoms with E-state index in [1.165, 1.54) is 11.1 Å². The van der Waals surface area contributed by atoms with Gasteiger partial charge in [0.25, 0.3) is 0 Å². The van der Waals surface area contributed by atoms with E-state index in [2.05, 4.69) is 25.1 Å². The summed E-state index contributed by atoms with van der Waals surface area (Å²) in [6.07, 6.45) is 7.61. The van der Waals surface area contributed by atoms with Gasteiger partial charge in [-0.25, -0.2) is 0 Å². The van der Waals surface area contributed by atoms with E-state index in [0.717, 1.165) is 36.9 Å². The summed E-state index contributed by atoms with van der Waals surface area (Å²) in [6.45, 7) is 4.13. The minimum absolute atomic E-state index is 0.850. The zero-order valence-corrected chi connectivity index (χ0v) is 12.0. The number of ether oxygens (including phenoxy) is 1. The highest BCUT2D eigenvalue weighted by atomic mass is 16.5. The molecule has 1 rings (SSSR count). The average molecular weight is 258 g/mol. The van der Waals surface area contributed by atoms with Crippen LogP contribution in [0, 0.1) is 0 Å². The third-order valence-electron chi connectivity index (χ3n) is 3.03. The number of aldehydes is 1. The lowest BCUT2D eigenvalue weighted by atomic mass is 10.0. The third kappa shape index (κ3) is 6.05. The maximum Gasteiger partial charge on any atom is 0.142 e. The Bertz CT molecular complexity index is 453. The van der Waals surface area contributed by atoms with Gasteiger partial charge in [0.1, 0.15) is 12.0 Å². The molecule has 1 aromatic rings. The summed E-state index contributed by atoms with van der Waals surface area (Å²) in [4.78, 5) is 10.3. The molecule has 0 aliphatic heterocycles. The van der Waals surface area contributed by atoms with Crippen LogP contribution in [0.2, 0.25) is 0 Å². The van der Waals surface area contributed by atoms with Crippen molar-refractivity contribution >= 4 is 6.29 Å². The van der Waals surface area contributed by atoms with Gasteiger partial charge in [-0.3, -0.25) is 4.79 Å². The molecule has 0 spiro atoms. The monoisotopic (exact) mass is 258 g/mol. The Morgan fingerprint density at radius 1 is 1.16 bits per heavy atom. The summed E-state index contributed by atoms with van der Waals surface area (Å²) in [6, 6.07) is 8.15. The highest BCUT2D eigenvalue weighted by molar-refractivity contribution is 5.65. The van der Waals surface area contributed by atoms with Gasteiger partial charge in [0, 0.05) is 0 Å². The van der Waals surface area contributed by atoms with Gasteiger partial charge in [0.15, 0.2) is 0 Å². The number of carbonyl (C=O) groups is 1. The first-order valence-electron chi connectivity index (χ1n) is 6.55. The SMILES string of the molecule is COc1ccc(C/C(C)=C/CC/C(C)=C/C=O)cc1. The van der Waals surface area contributed by atoms with Gasteiger partial charge in [0.2, 0.25) is 0 Å². The van der Waals surface area contributed by atoms with Crippen molar-refractivity contribution in [2.24, 2.45) is 0 Å². The quantitative estimate of drug-likeness (QED) is 0.418.